The number of nitrogens with zero attached hydrogens (tertiary/aromatic N) is 3. The van der Waals surface area contributed by atoms with Crippen LogP contribution in [-0.4, -0.2) is 21.7 Å². The van der Waals surface area contributed by atoms with E-state index in [1.54, 1.807) is 6.20 Å². The zero-order valence-electron chi connectivity index (χ0n) is 9.48. The van der Waals surface area contributed by atoms with E-state index in [0.717, 1.165) is 23.6 Å². The van der Waals surface area contributed by atoms with Crippen LogP contribution in [0.2, 0.25) is 0 Å². The van der Waals surface area contributed by atoms with Crippen molar-refractivity contribution in [3.63, 3.8) is 0 Å². The Hall–Kier alpha value is -1.16. The van der Waals surface area contributed by atoms with E-state index in [-0.39, 0.29) is 0 Å². The fraction of sp³-hybridized carbons (Fsp3) is 0.636. The van der Waals surface area contributed by atoms with E-state index in [4.69, 9.17) is 0 Å². The maximum atomic E-state index is 9.43. The zero-order chi connectivity index (χ0) is 11.1. The summed E-state index contributed by atoms with van der Waals surface area (Å²) in [6, 6.07) is 1.91. The van der Waals surface area contributed by atoms with Crippen molar-refractivity contribution in [2.75, 3.05) is 11.6 Å². The van der Waals surface area contributed by atoms with Crippen LogP contribution in [0.25, 0.3) is 0 Å². The first-order chi connectivity index (χ1) is 7.27. The lowest BCUT2D eigenvalue weighted by Crippen LogP contribution is -2.20. The second-order valence-electron chi connectivity index (χ2n) is 3.52. The molecule has 4 heteroatoms. The minimum atomic E-state index is 0.395. The molecule has 1 heterocycles. The average Bonchev–Trinajstić information content (AvgIpc) is 2.29. The molecule has 0 spiro atoms. The molecule has 1 aromatic rings. The van der Waals surface area contributed by atoms with E-state index in [1.807, 2.05) is 13.0 Å². The molecule has 0 saturated heterocycles. The number of unbranched alkanes of at least 4 members (excludes halogenated alkanes) is 2. The Bertz CT molecular complexity index is 291. The largest absolute Gasteiger partial charge is 0.286 e. The maximum absolute atomic E-state index is 9.43. The van der Waals surface area contributed by atoms with E-state index < -0.39 is 0 Å². The number of aryl methyl sites for hydroxylation is 1. The van der Waals surface area contributed by atoms with Gasteiger partial charge in [-0.2, -0.15) is 0 Å². The minimum Gasteiger partial charge on any atom is -0.286 e. The quantitative estimate of drug-likeness (QED) is 0.577. The first kappa shape index (κ1) is 11.9. The molecule has 0 aliphatic rings. The predicted molar refractivity (Wildman–Crippen MR) is 60.1 cm³/mol. The first-order valence-electron chi connectivity index (χ1n) is 5.56. The lowest BCUT2D eigenvalue weighted by molar-refractivity contribution is 0.253. The number of rotatable bonds is 6. The molecule has 0 aromatic carbocycles. The van der Waals surface area contributed by atoms with E-state index in [1.165, 1.54) is 12.8 Å². The van der Waals surface area contributed by atoms with Crippen molar-refractivity contribution in [1.29, 1.82) is 0 Å². The van der Waals surface area contributed by atoms with Gasteiger partial charge in [0.15, 0.2) is 0 Å². The second kappa shape index (κ2) is 6.35. The Balaban J connectivity index is 2.57. The molecule has 0 amide bonds. The van der Waals surface area contributed by atoms with Gasteiger partial charge in [-0.25, -0.2) is 15.0 Å². The van der Waals surface area contributed by atoms with Crippen LogP contribution in [0.3, 0.4) is 0 Å². The van der Waals surface area contributed by atoms with Crippen molar-refractivity contribution < 1.29 is 5.21 Å². The smallest absolute Gasteiger partial charge is 0.249 e. The van der Waals surface area contributed by atoms with Gasteiger partial charge in [0.05, 0.1) is 0 Å². The van der Waals surface area contributed by atoms with Gasteiger partial charge in [-0.15, -0.1) is 0 Å². The Morgan fingerprint density at radius 3 is 2.80 bits per heavy atom. The third-order valence-corrected chi connectivity index (χ3v) is 2.27. The number of hydrogen-bond donors (Lipinski definition) is 1. The summed E-state index contributed by atoms with van der Waals surface area (Å²) >= 11 is 0. The Morgan fingerprint density at radius 1 is 1.33 bits per heavy atom. The summed E-state index contributed by atoms with van der Waals surface area (Å²) in [5, 5.41) is 10.5. The molecule has 1 rings (SSSR count). The summed E-state index contributed by atoms with van der Waals surface area (Å²) in [4.78, 5) is 8.28. The Labute approximate surface area is 90.9 Å². The monoisotopic (exact) mass is 209 g/mol. The molecule has 0 radical (unpaired) electrons. The van der Waals surface area contributed by atoms with Gasteiger partial charge in [-0.3, -0.25) is 5.21 Å². The fourth-order valence-electron chi connectivity index (χ4n) is 1.35. The third kappa shape index (κ3) is 3.83. The predicted octanol–water partition coefficient (Wildman–Crippen LogP) is 2.42. The number of hydrogen-bond acceptors (Lipinski definition) is 4. The number of hydroxylamine groups is 1. The lowest BCUT2D eigenvalue weighted by Gasteiger charge is -2.12. The zero-order valence-corrected chi connectivity index (χ0v) is 9.48. The highest BCUT2D eigenvalue weighted by Gasteiger charge is 2.04. The first-order valence-corrected chi connectivity index (χ1v) is 5.56. The molecule has 0 fully saturated rings. The van der Waals surface area contributed by atoms with Gasteiger partial charge < -0.3 is 0 Å². The summed E-state index contributed by atoms with van der Waals surface area (Å²) in [6.07, 6.45) is 6.23. The van der Waals surface area contributed by atoms with Crippen LogP contribution in [0.15, 0.2) is 12.3 Å². The Kier molecular flexibility index (Phi) is 5.04. The second-order valence-corrected chi connectivity index (χ2v) is 3.52. The van der Waals surface area contributed by atoms with Crippen LogP contribution in [0.4, 0.5) is 5.95 Å². The van der Waals surface area contributed by atoms with Crippen LogP contribution < -0.4 is 5.06 Å². The molecule has 4 nitrogen and oxygen atoms in total. The molecule has 0 aliphatic carbocycles. The van der Waals surface area contributed by atoms with Gasteiger partial charge in [0, 0.05) is 18.4 Å². The lowest BCUT2D eigenvalue weighted by atomic mass is 10.1. The van der Waals surface area contributed by atoms with Crippen molar-refractivity contribution >= 4 is 5.95 Å². The van der Waals surface area contributed by atoms with E-state index in [0.29, 0.717) is 12.5 Å². The molecule has 0 unspecified atom stereocenters. The van der Waals surface area contributed by atoms with Gasteiger partial charge in [0.2, 0.25) is 5.95 Å². The van der Waals surface area contributed by atoms with E-state index in [2.05, 4.69) is 16.9 Å². The summed E-state index contributed by atoms with van der Waals surface area (Å²) < 4.78 is 0. The van der Waals surface area contributed by atoms with Gasteiger partial charge >= 0.3 is 0 Å². The molecule has 0 atom stereocenters. The van der Waals surface area contributed by atoms with Crippen molar-refractivity contribution in [1.82, 2.24) is 9.97 Å². The molecule has 84 valence electrons. The van der Waals surface area contributed by atoms with Crippen molar-refractivity contribution in [3.8, 4) is 0 Å². The molecular formula is C11H19N3O. The highest BCUT2D eigenvalue weighted by Crippen LogP contribution is 2.08. The third-order valence-electron chi connectivity index (χ3n) is 2.27. The Morgan fingerprint density at radius 2 is 2.13 bits per heavy atom. The summed E-state index contributed by atoms with van der Waals surface area (Å²) in [5.74, 6) is 0.395. The van der Waals surface area contributed by atoms with Crippen molar-refractivity contribution in [3.05, 3.63) is 18.0 Å². The molecule has 0 aliphatic heterocycles. The van der Waals surface area contributed by atoms with E-state index >= 15 is 0 Å². The summed E-state index contributed by atoms with van der Waals surface area (Å²) in [7, 11) is 0. The van der Waals surface area contributed by atoms with Crippen molar-refractivity contribution in [2.24, 2.45) is 0 Å². The average molecular weight is 209 g/mol. The number of anilines is 1. The van der Waals surface area contributed by atoms with Crippen LogP contribution in [-0.2, 0) is 6.42 Å². The molecule has 0 saturated carbocycles. The van der Waals surface area contributed by atoms with Gasteiger partial charge in [-0.05, 0) is 25.8 Å². The highest BCUT2D eigenvalue weighted by molar-refractivity contribution is 5.25. The maximum Gasteiger partial charge on any atom is 0.249 e. The normalized spacial score (nSPS) is 10.3. The van der Waals surface area contributed by atoms with Crippen molar-refractivity contribution in [2.45, 2.75) is 39.5 Å². The summed E-state index contributed by atoms with van der Waals surface area (Å²) in [6.45, 7) is 4.53. The molecular weight excluding hydrogens is 190 g/mol. The number of aromatic nitrogens is 2. The molecule has 15 heavy (non-hydrogen) atoms. The topological polar surface area (TPSA) is 49.2 Å². The fourth-order valence-corrected chi connectivity index (χ4v) is 1.35. The van der Waals surface area contributed by atoms with Gasteiger partial charge in [0.1, 0.15) is 0 Å². The van der Waals surface area contributed by atoms with Crippen LogP contribution in [0, 0.1) is 0 Å². The summed E-state index contributed by atoms with van der Waals surface area (Å²) in [5.41, 5.74) is 1.00. The van der Waals surface area contributed by atoms with E-state index in [9.17, 15) is 5.21 Å². The standard InChI is InChI=1S/C11H19N3O/c1-3-5-6-7-10-8-9-12-11(13-10)14(15)4-2/h8-9,15H,3-7H2,1-2H3. The molecule has 1 N–H and O–H groups in total. The molecule has 0 bridgehead atoms. The van der Waals surface area contributed by atoms with Gasteiger partial charge in [0.25, 0.3) is 0 Å². The van der Waals surface area contributed by atoms with Crippen LogP contribution >= 0.6 is 0 Å². The SMILES string of the molecule is CCCCCc1ccnc(N(O)CC)n1. The van der Waals surface area contributed by atoms with Crippen LogP contribution in [0.1, 0.15) is 38.8 Å². The minimum absolute atomic E-state index is 0.395. The molecule has 1 aromatic heterocycles. The van der Waals surface area contributed by atoms with Crippen LogP contribution in [0.5, 0.6) is 0 Å². The van der Waals surface area contributed by atoms with Gasteiger partial charge in [-0.1, -0.05) is 19.8 Å². The highest BCUT2D eigenvalue weighted by atomic mass is 16.5.